The number of ether oxygens (including phenoxy) is 1. The number of amides is 1. The van der Waals surface area contributed by atoms with E-state index in [1.165, 1.54) is 30.3 Å². The number of fused-ring (bicyclic) bond motifs is 1. The third-order valence-electron chi connectivity index (χ3n) is 5.14. The molecule has 2 aromatic heterocycles. The largest absolute Gasteiger partial charge is 0.417 e. The number of rotatable bonds is 7. The Morgan fingerprint density at radius 1 is 1.21 bits per heavy atom. The second kappa shape index (κ2) is 9.08. The van der Waals surface area contributed by atoms with Crippen molar-refractivity contribution in [1.29, 1.82) is 0 Å². The number of hydrogen-bond donors (Lipinski definition) is 2. The molecule has 1 fully saturated rings. The molecule has 13 heteroatoms. The van der Waals surface area contributed by atoms with Gasteiger partial charge in [0, 0.05) is 24.9 Å². The third-order valence-corrected chi connectivity index (χ3v) is 6.56. The van der Waals surface area contributed by atoms with Crippen LogP contribution in [0, 0.1) is 0 Å². The number of benzene rings is 1. The number of carbonyl (C=O) groups excluding carboxylic acids is 1. The fourth-order valence-electron chi connectivity index (χ4n) is 3.38. The number of sulfonamides is 1. The van der Waals surface area contributed by atoms with Crippen molar-refractivity contribution in [2.75, 3.05) is 13.2 Å². The first-order chi connectivity index (χ1) is 15.6. The van der Waals surface area contributed by atoms with Crippen molar-refractivity contribution in [3.05, 3.63) is 59.5 Å². The van der Waals surface area contributed by atoms with Crippen molar-refractivity contribution in [3.8, 4) is 0 Å². The van der Waals surface area contributed by atoms with Gasteiger partial charge in [0.1, 0.15) is 0 Å². The van der Waals surface area contributed by atoms with E-state index >= 15 is 0 Å². The molecule has 2 N–H and O–H groups in total. The standard InChI is InChI=1S/C20H20F3N5O4S/c21-20(22,23)14-6-7-17-26-27-18(28(17)12-14)11-24-19(29)13-3-1-5-16(9-13)33(30,31)25-10-15-4-2-8-32-15/h1,3,5-7,9,12,15,25H,2,4,8,10-11H2,(H,24,29). The monoisotopic (exact) mass is 483 g/mol. The Labute approximate surface area is 187 Å². The molecule has 0 aliphatic carbocycles. The van der Waals surface area contributed by atoms with Crippen LogP contribution in [-0.4, -0.2) is 48.2 Å². The Hall–Kier alpha value is -3.03. The second-order valence-electron chi connectivity index (χ2n) is 7.46. The van der Waals surface area contributed by atoms with Crippen LogP contribution in [0.4, 0.5) is 13.2 Å². The van der Waals surface area contributed by atoms with Gasteiger partial charge in [0.05, 0.1) is 23.1 Å². The topological polar surface area (TPSA) is 115 Å². The Kier molecular flexibility index (Phi) is 6.36. The molecule has 1 unspecified atom stereocenters. The third kappa shape index (κ3) is 5.31. The van der Waals surface area contributed by atoms with Gasteiger partial charge in [0.15, 0.2) is 11.5 Å². The summed E-state index contributed by atoms with van der Waals surface area (Å²) in [5, 5.41) is 10.1. The lowest BCUT2D eigenvalue weighted by Crippen LogP contribution is -2.32. The number of alkyl halides is 3. The van der Waals surface area contributed by atoms with Gasteiger partial charge in [-0.1, -0.05) is 6.07 Å². The molecule has 176 valence electrons. The summed E-state index contributed by atoms with van der Waals surface area (Å²) in [6.07, 6.45) is -2.22. The van der Waals surface area contributed by atoms with E-state index in [0.717, 1.165) is 29.5 Å². The van der Waals surface area contributed by atoms with Crippen molar-refractivity contribution in [1.82, 2.24) is 24.6 Å². The SMILES string of the molecule is O=C(NCc1nnc2ccc(C(F)(F)F)cn12)c1cccc(S(=O)(=O)NCC2CCCO2)c1. The molecular formula is C20H20F3N5O4S. The zero-order valence-electron chi connectivity index (χ0n) is 17.2. The average molecular weight is 483 g/mol. The first kappa shape index (κ1) is 23.1. The molecule has 1 aliphatic heterocycles. The summed E-state index contributed by atoms with van der Waals surface area (Å²) in [4.78, 5) is 12.5. The Balaban J connectivity index is 1.45. The molecule has 0 spiro atoms. The number of hydrogen-bond acceptors (Lipinski definition) is 6. The van der Waals surface area contributed by atoms with Crippen LogP contribution < -0.4 is 10.0 Å². The lowest BCUT2D eigenvalue weighted by atomic mass is 10.2. The van der Waals surface area contributed by atoms with Gasteiger partial charge in [-0.15, -0.1) is 10.2 Å². The Bertz CT molecular complexity index is 1270. The fourth-order valence-corrected chi connectivity index (χ4v) is 4.50. The molecule has 1 aliphatic rings. The van der Waals surface area contributed by atoms with Crippen molar-refractivity contribution in [2.24, 2.45) is 0 Å². The molecular weight excluding hydrogens is 463 g/mol. The van der Waals surface area contributed by atoms with E-state index in [1.54, 1.807) is 0 Å². The molecule has 0 radical (unpaired) electrons. The smallest absolute Gasteiger partial charge is 0.377 e. The predicted octanol–water partition coefficient (Wildman–Crippen LogP) is 2.14. The van der Waals surface area contributed by atoms with Crippen molar-refractivity contribution in [2.45, 2.75) is 36.6 Å². The maximum Gasteiger partial charge on any atom is 0.417 e. The van der Waals surface area contributed by atoms with Gasteiger partial charge in [-0.2, -0.15) is 13.2 Å². The molecule has 0 bridgehead atoms. The van der Waals surface area contributed by atoms with Crippen LogP contribution in [0.5, 0.6) is 0 Å². The fraction of sp³-hybridized carbons (Fsp3) is 0.350. The van der Waals surface area contributed by atoms with E-state index in [2.05, 4.69) is 20.2 Å². The van der Waals surface area contributed by atoms with E-state index in [9.17, 15) is 26.4 Å². The van der Waals surface area contributed by atoms with Gasteiger partial charge < -0.3 is 10.1 Å². The summed E-state index contributed by atoms with van der Waals surface area (Å²) >= 11 is 0. The summed E-state index contributed by atoms with van der Waals surface area (Å²) in [6, 6.07) is 7.51. The molecule has 1 atom stereocenters. The Morgan fingerprint density at radius 2 is 2.03 bits per heavy atom. The number of halogens is 3. The highest BCUT2D eigenvalue weighted by atomic mass is 32.2. The maximum absolute atomic E-state index is 13.0. The van der Waals surface area contributed by atoms with Crippen LogP contribution in [0.25, 0.3) is 5.65 Å². The summed E-state index contributed by atoms with van der Waals surface area (Å²) < 4.78 is 73.1. The van der Waals surface area contributed by atoms with E-state index in [0.29, 0.717) is 6.61 Å². The van der Waals surface area contributed by atoms with Crippen LogP contribution in [-0.2, 0) is 27.5 Å². The minimum atomic E-state index is -4.54. The molecule has 33 heavy (non-hydrogen) atoms. The zero-order chi connectivity index (χ0) is 23.6. The molecule has 1 saturated heterocycles. The molecule has 1 amide bonds. The summed E-state index contributed by atoms with van der Waals surface area (Å²) in [5.74, 6) is -0.527. The van der Waals surface area contributed by atoms with Gasteiger partial charge in [-0.25, -0.2) is 13.1 Å². The average Bonchev–Trinajstić information content (AvgIpc) is 3.45. The van der Waals surface area contributed by atoms with Crippen LogP contribution in [0.1, 0.15) is 34.6 Å². The molecule has 4 rings (SSSR count). The van der Waals surface area contributed by atoms with Gasteiger partial charge >= 0.3 is 6.18 Å². The highest BCUT2D eigenvalue weighted by molar-refractivity contribution is 7.89. The van der Waals surface area contributed by atoms with Crippen LogP contribution in [0.2, 0.25) is 0 Å². The summed E-state index contributed by atoms with van der Waals surface area (Å²) in [7, 11) is -3.85. The van der Waals surface area contributed by atoms with Crippen LogP contribution in [0.15, 0.2) is 47.5 Å². The van der Waals surface area contributed by atoms with Crippen molar-refractivity contribution >= 4 is 21.6 Å². The number of aromatic nitrogens is 3. The molecule has 9 nitrogen and oxygen atoms in total. The van der Waals surface area contributed by atoms with Crippen LogP contribution >= 0.6 is 0 Å². The predicted molar refractivity (Wildman–Crippen MR) is 110 cm³/mol. The first-order valence-electron chi connectivity index (χ1n) is 10.0. The van der Waals surface area contributed by atoms with E-state index < -0.39 is 27.7 Å². The molecule has 3 aromatic rings. The van der Waals surface area contributed by atoms with E-state index in [-0.39, 0.29) is 41.1 Å². The quantitative estimate of drug-likeness (QED) is 0.532. The van der Waals surface area contributed by atoms with Crippen molar-refractivity contribution in [3.63, 3.8) is 0 Å². The second-order valence-corrected chi connectivity index (χ2v) is 9.22. The molecule has 3 heterocycles. The van der Waals surface area contributed by atoms with Gasteiger partial charge in [-0.05, 0) is 43.2 Å². The highest BCUT2D eigenvalue weighted by Gasteiger charge is 2.31. The lowest BCUT2D eigenvalue weighted by Gasteiger charge is -2.12. The van der Waals surface area contributed by atoms with E-state index in [1.807, 2.05) is 0 Å². The maximum atomic E-state index is 13.0. The summed E-state index contributed by atoms with van der Waals surface area (Å²) in [6.45, 7) is 0.523. The minimum absolute atomic E-state index is 0.0693. The van der Waals surface area contributed by atoms with Gasteiger partial charge in [0.25, 0.3) is 5.91 Å². The minimum Gasteiger partial charge on any atom is -0.377 e. The molecule has 1 aromatic carbocycles. The number of nitrogens with zero attached hydrogens (tertiary/aromatic N) is 3. The van der Waals surface area contributed by atoms with Gasteiger partial charge in [-0.3, -0.25) is 9.20 Å². The highest BCUT2D eigenvalue weighted by Crippen LogP contribution is 2.29. The van der Waals surface area contributed by atoms with Crippen molar-refractivity contribution < 1.29 is 31.1 Å². The lowest BCUT2D eigenvalue weighted by molar-refractivity contribution is -0.137. The normalized spacial score (nSPS) is 16.9. The number of carbonyl (C=O) groups is 1. The van der Waals surface area contributed by atoms with E-state index in [4.69, 9.17) is 4.74 Å². The van der Waals surface area contributed by atoms with Crippen LogP contribution in [0.3, 0.4) is 0 Å². The summed E-state index contributed by atoms with van der Waals surface area (Å²) in [5.41, 5.74) is -0.617. The van der Waals surface area contributed by atoms with Gasteiger partial charge in [0.2, 0.25) is 10.0 Å². The zero-order valence-corrected chi connectivity index (χ0v) is 18.0. The Morgan fingerprint density at radius 3 is 2.76 bits per heavy atom. The number of pyridine rings is 1. The molecule has 0 saturated carbocycles. The number of nitrogens with one attached hydrogen (secondary N) is 2. The first-order valence-corrected chi connectivity index (χ1v) is 11.5.